The van der Waals surface area contributed by atoms with Gasteiger partial charge in [0.1, 0.15) is 23.4 Å². The Labute approximate surface area is 167 Å². The average molecular weight is 397 g/mol. The van der Waals surface area contributed by atoms with Crippen molar-refractivity contribution in [2.75, 3.05) is 14.2 Å². The maximum Gasteiger partial charge on any atom is 0.316 e. The number of nitrogens with one attached hydrogen (secondary N) is 1. The van der Waals surface area contributed by atoms with Crippen LogP contribution in [0, 0.1) is 10.1 Å². The van der Waals surface area contributed by atoms with Crippen LogP contribution in [0.25, 0.3) is 11.4 Å². The molecule has 1 aliphatic carbocycles. The molecule has 0 saturated carbocycles. The Morgan fingerprint density at radius 1 is 1.28 bits per heavy atom. The second-order valence-electron chi connectivity index (χ2n) is 7.07. The topological polar surface area (TPSA) is 108 Å². The number of benzene rings is 1. The van der Waals surface area contributed by atoms with Gasteiger partial charge in [0.25, 0.3) is 0 Å². The molecule has 0 radical (unpaired) electrons. The van der Waals surface area contributed by atoms with Crippen molar-refractivity contribution in [3.05, 3.63) is 51.3 Å². The molecule has 4 rings (SSSR count). The van der Waals surface area contributed by atoms with Gasteiger partial charge in [-0.25, -0.2) is 0 Å². The third-order valence-electron chi connectivity index (χ3n) is 5.53. The quantitative estimate of drug-likeness (QED) is 0.504. The molecule has 1 N–H and O–H groups in total. The molecule has 0 bridgehead atoms. The van der Waals surface area contributed by atoms with Crippen molar-refractivity contribution in [3.8, 4) is 22.9 Å². The van der Waals surface area contributed by atoms with Gasteiger partial charge in [0.15, 0.2) is 5.69 Å². The van der Waals surface area contributed by atoms with E-state index in [2.05, 4.69) is 15.3 Å². The first-order chi connectivity index (χ1) is 14.0. The molecule has 29 heavy (non-hydrogen) atoms. The average Bonchev–Trinajstić information content (AvgIpc) is 3.36. The van der Waals surface area contributed by atoms with Gasteiger partial charge in [-0.1, -0.05) is 0 Å². The predicted molar refractivity (Wildman–Crippen MR) is 106 cm³/mol. The fraction of sp³-hybridized carbons (Fsp3) is 0.400. The summed E-state index contributed by atoms with van der Waals surface area (Å²) in [5.41, 5.74) is 4.28. The summed E-state index contributed by atoms with van der Waals surface area (Å²) >= 11 is 0. The number of nitro groups is 1. The molecule has 152 valence electrons. The lowest BCUT2D eigenvalue weighted by Crippen LogP contribution is -2.13. The number of fused-ring (bicyclic) bond motifs is 1. The summed E-state index contributed by atoms with van der Waals surface area (Å²) < 4.78 is 12.4. The van der Waals surface area contributed by atoms with Gasteiger partial charge in [-0.3, -0.25) is 19.9 Å². The first-order valence-electron chi connectivity index (χ1n) is 9.55. The van der Waals surface area contributed by atoms with Crippen molar-refractivity contribution in [1.82, 2.24) is 20.0 Å². The zero-order chi connectivity index (χ0) is 20.5. The summed E-state index contributed by atoms with van der Waals surface area (Å²) in [5, 5.41) is 23.2. The van der Waals surface area contributed by atoms with Crippen LogP contribution in [0.5, 0.6) is 11.5 Å². The zero-order valence-electron chi connectivity index (χ0n) is 16.6. The molecule has 0 saturated heterocycles. The van der Waals surface area contributed by atoms with Crippen LogP contribution in [0.2, 0.25) is 0 Å². The van der Waals surface area contributed by atoms with Gasteiger partial charge in [0, 0.05) is 23.9 Å². The highest BCUT2D eigenvalue weighted by Gasteiger charge is 2.31. The van der Waals surface area contributed by atoms with Gasteiger partial charge in [-0.2, -0.15) is 10.2 Å². The number of aryl methyl sites for hydroxylation is 1. The number of methoxy groups -OCH3 is 2. The van der Waals surface area contributed by atoms with Crippen molar-refractivity contribution < 1.29 is 14.4 Å². The van der Waals surface area contributed by atoms with Crippen molar-refractivity contribution in [2.24, 2.45) is 0 Å². The maximum atomic E-state index is 11.5. The Bertz CT molecular complexity index is 1030. The van der Waals surface area contributed by atoms with Crippen LogP contribution < -0.4 is 9.47 Å². The van der Waals surface area contributed by atoms with Gasteiger partial charge in [0.05, 0.1) is 19.1 Å². The lowest BCUT2D eigenvalue weighted by Gasteiger charge is -2.23. The predicted octanol–water partition coefficient (Wildman–Crippen LogP) is 3.49. The van der Waals surface area contributed by atoms with Crippen molar-refractivity contribution in [2.45, 2.75) is 38.6 Å². The number of aromatic amines is 1. The highest BCUT2D eigenvalue weighted by atomic mass is 16.6. The lowest BCUT2D eigenvalue weighted by molar-refractivity contribution is -0.384. The molecule has 0 spiro atoms. The van der Waals surface area contributed by atoms with Crippen molar-refractivity contribution in [3.63, 3.8) is 0 Å². The monoisotopic (exact) mass is 397 g/mol. The van der Waals surface area contributed by atoms with E-state index in [1.54, 1.807) is 18.9 Å². The van der Waals surface area contributed by atoms with Crippen molar-refractivity contribution >= 4 is 5.69 Å². The van der Waals surface area contributed by atoms with Crippen LogP contribution in [0.1, 0.15) is 36.1 Å². The van der Waals surface area contributed by atoms with E-state index in [9.17, 15) is 10.1 Å². The molecule has 1 aromatic carbocycles. The van der Waals surface area contributed by atoms with E-state index in [0.717, 1.165) is 47.6 Å². The Hall–Kier alpha value is -3.36. The molecule has 0 aliphatic heterocycles. The standard InChI is InChI=1S/C20H23N5O4/c1-4-24-20(18(11-21-24)25(26)27)19-16-6-5-12(9-17(16)22-23-19)13-7-14(28-2)10-15(8-13)29-3/h7-8,10-12H,4-6,9H2,1-3H3,(H,22,23). The van der Waals surface area contributed by atoms with E-state index in [4.69, 9.17) is 9.47 Å². The van der Waals surface area contributed by atoms with Crippen LogP contribution in [0.3, 0.4) is 0 Å². The molecule has 1 unspecified atom stereocenters. The molecule has 1 aliphatic rings. The molecular formula is C20H23N5O4. The minimum absolute atomic E-state index is 0.0131. The Balaban J connectivity index is 1.69. The molecule has 0 amide bonds. The third kappa shape index (κ3) is 3.32. The zero-order valence-corrected chi connectivity index (χ0v) is 16.6. The number of nitrogens with zero attached hydrogens (tertiary/aromatic N) is 4. The number of ether oxygens (including phenoxy) is 2. The fourth-order valence-electron chi connectivity index (χ4n) is 4.04. The van der Waals surface area contributed by atoms with Crippen molar-refractivity contribution in [1.29, 1.82) is 0 Å². The van der Waals surface area contributed by atoms with Crippen LogP contribution in [0.15, 0.2) is 24.4 Å². The molecule has 9 heteroatoms. The molecule has 1 atom stereocenters. The summed E-state index contributed by atoms with van der Waals surface area (Å²) in [6.45, 7) is 2.45. The van der Waals surface area contributed by atoms with Crippen LogP contribution in [0.4, 0.5) is 5.69 Å². The second-order valence-corrected chi connectivity index (χ2v) is 7.07. The SMILES string of the molecule is CCn1ncc([N+](=O)[O-])c1-c1n[nH]c2c1CCC(c1cc(OC)cc(OC)c1)C2. The van der Waals surface area contributed by atoms with Gasteiger partial charge < -0.3 is 9.47 Å². The molecule has 2 aromatic heterocycles. The molecule has 2 heterocycles. The number of aromatic nitrogens is 4. The maximum absolute atomic E-state index is 11.5. The largest absolute Gasteiger partial charge is 0.497 e. The summed E-state index contributed by atoms with van der Waals surface area (Å²) in [7, 11) is 3.28. The van der Waals surface area contributed by atoms with Crippen LogP contribution in [-0.4, -0.2) is 39.1 Å². The molecular weight excluding hydrogens is 374 g/mol. The van der Waals surface area contributed by atoms with E-state index >= 15 is 0 Å². The van der Waals surface area contributed by atoms with Gasteiger partial charge in [-0.05, 0) is 49.8 Å². The van der Waals surface area contributed by atoms with Gasteiger partial charge >= 0.3 is 5.69 Å². The number of H-pyrrole nitrogens is 1. The van der Waals surface area contributed by atoms with E-state index < -0.39 is 4.92 Å². The summed E-state index contributed by atoms with van der Waals surface area (Å²) in [6.07, 6.45) is 3.75. The third-order valence-corrected chi connectivity index (χ3v) is 5.53. The normalized spacial score (nSPS) is 15.8. The first kappa shape index (κ1) is 19.0. The number of hydrogen-bond donors (Lipinski definition) is 1. The molecule has 3 aromatic rings. The number of hydrogen-bond acceptors (Lipinski definition) is 6. The molecule has 9 nitrogen and oxygen atoms in total. The van der Waals surface area contributed by atoms with Gasteiger partial charge in [-0.15, -0.1) is 0 Å². The van der Waals surface area contributed by atoms with Gasteiger partial charge in [0.2, 0.25) is 0 Å². The Kier molecular flexibility index (Phi) is 4.96. The molecule has 0 fully saturated rings. The minimum atomic E-state index is -0.399. The van der Waals surface area contributed by atoms with E-state index in [1.807, 2.05) is 25.1 Å². The summed E-state index contributed by atoms with van der Waals surface area (Å²) in [5.74, 6) is 1.81. The summed E-state index contributed by atoms with van der Waals surface area (Å²) in [4.78, 5) is 11.1. The first-order valence-corrected chi connectivity index (χ1v) is 9.55. The van der Waals surface area contributed by atoms with Crippen LogP contribution >= 0.6 is 0 Å². The van der Waals surface area contributed by atoms with E-state index in [1.165, 1.54) is 6.20 Å². The summed E-state index contributed by atoms with van der Waals surface area (Å²) in [6, 6.07) is 5.93. The highest BCUT2D eigenvalue weighted by molar-refractivity contribution is 5.70. The number of rotatable bonds is 6. The van der Waals surface area contributed by atoms with Crippen LogP contribution in [-0.2, 0) is 19.4 Å². The van der Waals surface area contributed by atoms with E-state index in [-0.39, 0.29) is 11.6 Å². The fourth-order valence-corrected chi connectivity index (χ4v) is 4.04. The second kappa shape index (κ2) is 7.57. The Morgan fingerprint density at radius 2 is 2.00 bits per heavy atom. The Morgan fingerprint density at radius 3 is 2.62 bits per heavy atom. The highest BCUT2D eigenvalue weighted by Crippen LogP contribution is 2.40. The smallest absolute Gasteiger partial charge is 0.316 e. The lowest BCUT2D eigenvalue weighted by atomic mass is 9.82. The van der Waals surface area contributed by atoms with E-state index in [0.29, 0.717) is 17.9 Å². The minimum Gasteiger partial charge on any atom is -0.497 e.